The number of fused-ring (bicyclic) bond motifs is 6. The number of hydrogen-bond acceptors (Lipinski definition) is 3. The lowest BCUT2D eigenvalue weighted by atomic mass is 9.82. The summed E-state index contributed by atoms with van der Waals surface area (Å²) < 4.78 is 7.25. The molecular formula is C30H32NO3+. The van der Waals surface area contributed by atoms with Crippen molar-refractivity contribution in [1.29, 1.82) is 0 Å². The van der Waals surface area contributed by atoms with Gasteiger partial charge in [-0.1, -0.05) is 78.9 Å². The lowest BCUT2D eigenvalue weighted by Crippen LogP contribution is -2.65. The van der Waals surface area contributed by atoms with Crippen LogP contribution in [0.15, 0.2) is 78.9 Å². The molecule has 4 heteroatoms. The number of carbonyl (C=O) groups is 1. The SMILES string of the molecule is O=C(OC1C[N+]2(CCCc3ccccc3)CCC1CC2)C1(O)c2ccccc2-c2ccccc21. The molecule has 1 atom stereocenters. The summed E-state index contributed by atoms with van der Waals surface area (Å²) in [5, 5.41) is 11.8. The van der Waals surface area contributed by atoms with Gasteiger partial charge in [-0.05, 0) is 23.1 Å². The highest BCUT2D eigenvalue weighted by molar-refractivity contribution is 5.96. The number of aliphatic hydroxyl groups is 1. The maximum atomic E-state index is 13.7. The van der Waals surface area contributed by atoms with Gasteiger partial charge in [-0.25, -0.2) is 4.79 Å². The van der Waals surface area contributed by atoms with Crippen molar-refractivity contribution in [3.63, 3.8) is 0 Å². The maximum Gasteiger partial charge on any atom is 0.348 e. The predicted octanol–water partition coefficient (Wildman–Crippen LogP) is 4.69. The Balaban J connectivity index is 1.20. The van der Waals surface area contributed by atoms with E-state index in [1.165, 1.54) is 18.7 Å². The molecule has 4 aliphatic rings. The van der Waals surface area contributed by atoms with Crippen molar-refractivity contribution in [2.24, 2.45) is 5.92 Å². The van der Waals surface area contributed by atoms with Crippen molar-refractivity contribution in [3.8, 4) is 11.1 Å². The van der Waals surface area contributed by atoms with Crippen molar-refractivity contribution < 1.29 is 19.1 Å². The lowest BCUT2D eigenvalue weighted by Gasteiger charge is -2.52. The van der Waals surface area contributed by atoms with Gasteiger partial charge in [0.25, 0.3) is 0 Å². The summed E-state index contributed by atoms with van der Waals surface area (Å²) in [6, 6.07) is 26.0. The second-order valence-electron chi connectivity index (χ2n) is 10.4. The van der Waals surface area contributed by atoms with Crippen LogP contribution in [0, 0.1) is 5.92 Å². The Morgan fingerprint density at radius 1 is 0.882 bits per heavy atom. The van der Waals surface area contributed by atoms with E-state index in [4.69, 9.17) is 4.74 Å². The highest BCUT2D eigenvalue weighted by Gasteiger charge is 2.53. The molecule has 1 N–H and O–H groups in total. The molecule has 34 heavy (non-hydrogen) atoms. The molecule has 3 fully saturated rings. The molecular weight excluding hydrogens is 422 g/mol. The van der Waals surface area contributed by atoms with E-state index in [-0.39, 0.29) is 6.10 Å². The van der Waals surface area contributed by atoms with E-state index in [9.17, 15) is 9.90 Å². The Hall–Kier alpha value is -2.95. The van der Waals surface area contributed by atoms with Gasteiger partial charge in [0.1, 0.15) is 6.54 Å². The molecule has 0 radical (unpaired) electrons. The quantitative estimate of drug-likeness (QED) is 0.434. The van der Waals surface area contributed by atoms with Gasteiger partial charge in [0.05, 0.1) is 19.6 Å². The van der Waals surface area contributed by atoms with Crippen LogP contribution in [0.3, 0.4) is 0 Å². The topological polar surface area (TPSA) is 46.5 Å². The van der Waals surface area contributed by atoms with Gasteiger partial charge in [-0.3, -0.25) is 0 Å². The molecule has 0 aromatic heterocycles. The zero-order valence-electron chi connectivity index (χ0n) is 19.5. The number of ether oxygens (including phenoxy) is 1. The van der Waals surface area contributed by atoms with Crippen LogP contribution >= 0.6 is 0 Å². The van der Waals surface area contributed by atoms with Gasteiger partial charge in [-0.15, -0.1) is 0 Å². The number of hydrogen-bond donors (Lipinski definition) is 1. The summed E-state index contributed by atoms with van der Waals surface area (Å²) in [5.74, 6) is -0.125. The normalized spacial score (nSPS) is 26.0. The largest absolute Gasteiger partial charge is 0.453 e. The monoisotopic (exact) mass is 454 g/mol. The number of benzene rings is 3. The van der Waals surface area contributed by atoms with Gasteiger partial charge in [-0.2, -0.15) is 0 Å². The summed E-state index contributed by atoms with van der Waals surface area (Å²) in [6.07, 6.45) is 4.28. The first-order chi connectivity index (χ1) is 16.6. The third-order valence-electron chi connectivity index (χ3n) is 8.46. The van der Waals surface area contributed by atoms with Crippen LogP contribution in [0.4, 0.5) is 0 Å². The summed E-state index contributed by atoms with van der Waals surface area (Å²) in [4.78, 5) is 13.7. The van der Waals surface area contributed by atoms with Crippen LogP contribution in [0.5, 0.6) is 0 Å². The van der Waals surface area contributed by atoms with E-state index in [0.29, 0.717) is 17.0 Å². The Labute approximate surface area is 201 Å². The fourth-order valence-electron chi connectivity index (χ4n) is 6.59. The molecule has 7 rings (SSSR count). The average molecular weight is 455 g/mol. The van der Waals surface area contributed by atoms with Crippen molar-refractivity contribution in [2.75, 3.05) is 26.2 Å². The van der Waals surface area contributed by atoms with Crippen LogP contribution in [-0.4, -0.2) is 47.8 Å². The van der Waals surface area contributed by atoms with Crippen molar-refractivity contribution >= 4 is 5.97 Å². The van der Waals surface area contributed by atoms with Gasteiger partial charge in [0.2, 0.25) is 5.60 Å². The predicted molar refractivity (Wildman–Crippen MR) is 132 cm³/mol. The third kappa shape index (κ3) is 3.48. The minimum Gasteiger partial charge on any atom is -0.453 e. The van der Waals surface area contributed by atoms with Crippen LogP contribution in [0.1, 0.15) is 36.0 Å². The zero-order valence-corrected chi connectivity index (χ0v) is 19.5. The molecule has 3 heterocycles. The second kappa shape index (κ2) is 8.37. The van der Waals surface area contributed by atoms with Crippen molar-refractivity contribution in [3.05, 3.63) is 95.6 Å². The molecule has 0 spiro atoms. The highest BCUT2D eigenvalue weighted by Crippen LogP contribution is 2.48. The van der Waals surface area contributed by atoms with E-state index < -0.39 is 11.6 Å². The molecule has 3 aliphatic heterocycles. The fourth-order valence-corrected chi connectivity index (χ4v) is 6.59. The number of carbonyl (C=O) groups excluding carboxylic acids is 1. The molecule has 3 saturated heterocycles. The average Bonchev–Trinajstić information content (AvgIpc) is 3.15. The minimum atomic E-state index is -1.74. The first-order valence-electron chi connectivity index (χ1n) is 12.6. The van der Waals surface area contributed by atoms with Crippen molar-refractivity contribution in [1.82, 2.24) is 0 Å². The number of piperidine rings is 3. The van der Waals surface area contributed by atoms with Gasteiger partial charge in [0, 0.05) is 36.3 Å². The molecule has 3 aromatic carbocycles. The Kier molecular flexibility index (Phi) is 5.31. The smallest absolute Gasteiger partial charge is 0.348 e. The second-order valence-corrected chi connectivity index (χ2v) is 10.4. The number of nitrogens with zero attached hydrogens (tertiary/aromatic N) is 1. The molecule has 0 saturated carbocycles. The van der Waals surface area contributed by atoms with Crippen molar-refractivity contribution in [2.45, 2.75) is 37.4 Å². The molecule has 1 unspecified atom stereocenters. The van der Waals surface area contributed by atoms with Crippen LogP contribution in [0.2, 0.25) is 0 Å². The fraction of sp³-hybridized carbons (Fsp3) is 0.367. The van der Waals surface area contributed by atoms with Crippen LogP contribution in [-0.2, 0) is 21.6 Å². The van der Waals surface area contributed by atoms with Gasteiger partial charge >= 0.3 is 5.97 Å². The Morgan fingerprint density at radius 3 is 2.12 bits per heavy atom. The van der Waals surface area contributed by atoms with Crippen LogP contribution < -0.4 is 0 Å². The molecule has 4 nitrogen and oxygen atoms in total. The van der Waals surface area contributed by atoms with Gasteiger partial charge in [0.15, 0.2) is 6.10 Å². The molecule has 1 aliphatic carbocycles. The molecule has 2 bridgehead atoms. The summed E-state index contributed by atoms with van der Waals surface area (Å²) in [5.41, 5.74) is 2.74. The van der Waals surface area contributed by atoms with E-state index >= 15 is 0 Å². The summed E-state index contributed by atoms with van der Waals surface area (Å²) in [7, 11) is 0. The van der Waals surface area contributed by atoms with E-state index in [2.05, 4.69) is 30.3 Å². The number of rotatable bonds is 6. The molecule has 3 aromatic rings. The number of esters is 1. The minimum absolute atomic E-state index is 0.129. The van der Waals surface area contributed by atoms with Crippen LogP contribution in [0.25, 0.3) is 11.1 Å². The first-order valence-corrected chi connectivity index (χ1v) is 12.6. The van der Waals surface area contributed by atoms with E-state index in [1.54, 1.807) is 0 Å². The number of quaternary nitrogens is 1. The number of aryl methyl sites for hydroxylation is 1. The van der Waals surface area contributed by atoms with Gasteiger partial charge < -0.3 is 14.3 Å². The molecule has 174 valence electrons. The van der Waals surface area contributed by atoms with E-state index in [0.717, 1.165) is 54.4 Å². The Morgan fingerprint density at radius 2 is 1.47 bits per heavy atom. The maximum absolute atomic E-state index is 13.7. The third-order valence-corrected chi connectivity index (χ3v) is 8.46. The molecule has 0 amide bonds. The Bertz CT molecular complexity index is 1150. The zero-order chi connectivity index (χ0) is 23.2. The highest BCUT2D eigenvalue weighted by atomic mass is 16.6. The summed E-state index contributed by atoms with van der Waals surface area (Å²) in [6.45, 7) is 4.32. The summed E-state index contributed by atoms with van der Waals surface area (Å²) >= 11 is 0. The lowest BCUT2D eigenvalue weighted by molar-refractivity contribution is -0.946. The standard InChI is InChI=1S/C30H32NO3/c32-29(30(33)26-14-6-4-12-24(26)25-13-5-7-15-27(25)30)34-28-21-31(19-16-23(28)17-20-31)18-8-11-22-9-2-1-3-10-22/h1-7,9-10,12-15,23,28,33H,8,11,16-21H2/q+1. The van der Waals surface area contributed by atoms with E-state index in [1.807, 2.05) is 48.5 Å². The first kappa shape index (κ1) is 21.6.